The lowest BCUT2D eigenvalue weighted by Gasteiger charge is -2.68. The fourth-order valence-electron chi connectivity index (χ4n) is 10.9. The van der Waals surface area contributed by atoms with E-state index in [9.17, 15) is 19.5 Å². The Morgan fingerprint density at radius 2 is 1.65 bits per heavy atom. The standard InChI is InChI=1S/C30H37NO6/c1-23(2)10-12-28-13-11-25(4)24(3)9-8-16-26(5,21-30(31-7,36-21)20(33)27(16,6)35)17(24)14-19(32)29(25,18(28)15-23)37-22(28)34/h14,16,18,21,35H,8-13,15H2,1-6H3/t16-,18-,21-,24-,25+,26+,27+,28+,29-,30+/m1/s1. The third kappa shape index (κ3) is 2.12. The van der Waals surface area contributed by atoms with Gasteiger partial charge in [0, 0.05) is 22.7 Å². The third-order valence-electron chi connectivity index (χ3n) is 13.2. The lowest BCUT2D eigenvalue weighted by atomic mass is 9.33. The first-order valence-corrected chi connectivity index (χ1v) is 13.9. The number of epoxide rings is 1. The molecule has 6 fully saturated rings. The molecule has 37 heavy (non-hydrogen) atoms. The minimum atomic E-state index is -1.73. The van der Waals surface area contributed by atoms with Gasteiger partial charge in [-0.3, -0.25) is 24.0 Å². The van der Waals surface area contributed by atoms with E-state index in [-0.39, 0.29) is 23.1 Å². The Hall–Kier alpha value is -2.04. The highest BCUT2D eigenvalue weighted by atomic mass is 16.6. The molecule has 2 bridgehead atoms. The van der Waals surface area contributed by atoms with Gasteiger partial charge >= 0.3 is 11.7 Å². The van der Waals surface area contributed by atoms with Gasteiger partial charge in [0.15, 0.2) is 17.5 Å². The summed E-state index contributed by atoms with van der Waals surface area (Å²) in [6, 6.07) is 0. The number of esters is 1. The average molecular weight is 508 g/mol. The molecule has 2 heterocycles. The minimum absolute atomic E-state index is 0.0156. The number of ketones is 2. The van der Waals surface area contributed by atoms with Crippen LogP contribution in [0, 0.1) is 45.5 Å². The Morgan fingerprint density at radius 1 is 0.973 bits per heavy atom. The summed E-state index contributed by atoms with van der Waals surface area (Å²) < 4.78 is 12.3. The van der Waals surface area contributed by atoms with Crippen molar-refractivity contribution in [1.82, 2.24) is 0 Å². The lowest BCUT2D eigenvalue weighted by molar-refractivity contribution is -0.211. The largest absolute Gasteiger partial charge is 0.449 e. The molecule has 0 aromatic heterocycles. The zero-order chi connectivity index (χ0) is 26.8. The van der Waals surface area contributed by atoms with Crippen LogP contribution in [0.25, 0.3) is 4.85 Å². The van der Waals surface area contributed by atoms with Crippen LogP contribution in [0.1, 0.15) is 86.5 Å². The monoisotopic (exact) mass is 507 g/mol. The van der Waals surface area contributed by atoms with Crippen molar-refractivity contribution in [2.24, 2.45) is 38.9 Å². The maximum Gasteiger partial charge on any atom is 0.427 e. The van der Waals surface area contributed by atoms with Crippen LogP contribution in [-0.4, -0.2) is 45.7 Å². The summed E-state index contributed by atoms with van der Waals surface area (Å²) in [6.07, 6.45) is 6.11. The molecule has 7 rings (SSSR count). The first-order chi connectivity index (χ1) is 17.0. The van der Waals surface area contributed by atoms with E-state index in [0.717, 1.165) is 24.8 Å². The number of rotatable bonds is 0. The molecule has 0 aromatic carbocycles. The number of hydrogen-bond donors (Lipinski definition) is 1. The van der Waals surface area contributed by atoms with Crippen LogP contribution >= 0.6 is 0 Å². The second-order valence-corrected chi connectivity index (χ2v) is 14.9. The van der Waals surface area contributed by atoms with Gasteiger partial charge in [-0.2, -0.15) is 0 Å². The van der Waals surface area contributed by atoms with Crippen LogP contribution in [0.2, 0.25) is 0 Å². The molecule has 198 valence electrons. The topological polar surface area (TPSA) is 97.6 Å². The minimum Gasteiger partial charge on any atom is -0.449 e. The molecule has 0 unspecified atom stereocenters. The van der Waals surface area contributed by atoms with Gasteiger partial charge in [0.2, 0.25) is 0 Å². The maximum atomic E-state index is 14.5. The van der Waals surface area contributed by atoms with Crippen LogP contribution in [-0.2, 0) is 23.9 Å². The van der Waals surface area contributed by atoms with Crippen molar-refractivity contribution in [1.29, 1.82) is 0 Å². The molecule has 7 aliphatic rings. The number of carbonyl (C=O) groups is 3. The SMILES string of the molecule is [C-]#[N+][C@@]12O[C@@H]1[C@]1(C)C3=CC(=O)[C@]45OC(=O)[C@@]6(CCC(C)(C)C[C@H]64)CC[C@@]5(C)[C@]3(C)CC[C@H]1[C@](C)(O)C2=O. The Bertz CT molecular complexity index is 1290. The molecule has 1 N–H and O–H groups in total. The van der Waals surface area contributed by atoms with E-state index in [2.05, 4.69) is 32.5 Å². The molecule has 10 atom stereocenters. The molecule has 2 aliphatic heterocycles. The van der Waals surface area contributed by atoms with Crippen molar-refractivity contribution in [2.75, 3.05) is 0 Å². The molecule has 4 saturated carbocycles. The highest BCUT2D eigenvalue weighted by Crippen LogP contribution is 2.80. The summed E-state index contributed by atoms with van der Waals surface area (Å²) in [7, 11) is 0. The highest BCUT2D eigenvalue weighted by Gasteiger charge is 2.90. The van der Waals surface area contributed by atoms with Crippen LogP contribution in [0.4, 0.5) is 0 Å². The fourth-order valence-corrected chi connectivity index (χ4v) is 10.9. The third-order valence-corrected chi connectivity index (χ3v) is 13.2. The molecule has 0 amide bonds. The molecule has 5 aliphatic carbocycles. The quantitative estimate of drug-likeness (QED) is 0.300. The fraction of sp³-hybridized carbons (Fsp3) is 0.800. The predicted octanol–water partition coefficient (Wildman–Crippen LogP) is 4.17. The highest BCUT2D eigenvalue weighted by molar-refractivity contribution is 6.06. The summed E-state index contributed by atoms with van der Waals surface area (Å²) >= 11 is 0. The van der Waals surface area contributed by atoms with E-state index in [1.807, 2.05) is 6.92 Å². The summed E-state index contributed by atoms with van der Waals surface area (Å²) in [5, 5.41) is 11.5. The molecule has 1 spiro atoms. The van der Waals surface area contributed by atoms with E-state index in [4.69, 9.17) is 16.0 Å². The molecular formula is C30H37NO6. The van der Waals surface area contributed by atoms with E-state index in [1.165, 1.54) is 6.92 Å². The molecule has 0 aromatic rings. The van der Waals surface area contributed by atoms with Gasteiger partial charge in [0.1, 0.15) is 5.60 Å². The second-order valence-electron chi connectivity index (χ2n) is 14.9. The second kappa shape index (κ2) is 6.07. The number of Topliss-reactive ketones (excluding diaryl/α,β-unsaturated/α-hetero) is 1. The summed E-state index contributed by atoms with van der Waals surface area (Å²) in [4.78, 5) is 45.1. The van der Waals surface area contributed by atoms with Gasteiger partial charge in [0.25, 0.3) is 5.78 Å². The smallest absolute Gasteiger partial charge is 0.427 e. The van der Waals surface area contributed by atoms with Gasteiger partial charge in [-0.05, 0) is 68.8 Å². The van der Waals surface area contributed by atoms with Crippen LogP contribution in [0.5, 0.6) is 0 Å². The summed E-state index contributed by atoms with van der Waals surface area (Å²) in [5.41, 5.74) is -6.39. The van der Waals surface area contributed by atoms with Crippen molar-refractivity contribution in [3.8, 4) is 0 Å². The number of ether oxygens (including phenoxy) is 2. The number of nitrogens with zero attached hydrogens (tertiary/aromatic N) is 1. The lowest BCUT2D eigenvalue weighted by Crippen LogP contribution is -2.73. The molecule has 7 nitrogen and oxygen atoms in total. The normalized spacial score (nSPS) is 58.5. The van der Waals surface area contributed by atoms with Gasteiger partial charge in [-0.15, -0.1) is 0 Å². The van der Waals surface area contributed by atoms with E-state index in [0.29, 0.717) is 25.7 Å². The Morgan fingerprint density at radius 3 is 2.32 bits per heavy atom. The van der Waals surface area contributed by atoms with Gasteiger partial charge in [-0.1, -0.05) is 40.2 Å². The van der Waals surface area contributed by atoms with E-state index in [1.54, 1.807) is 6.08 Å². The zero-order valence-corrected chi connectivity index (χ0v) is 22.7. The van der Waals surface area contributed by atoms with Crippen molar-refractivity contribution >= 4 is 17.5 Å². The maximum absolute atomic E-state index is 14.5. The Kier molecular flexibility index (Phi) is 3.94. The van der Waals surface area contributed by atoms with Crippen LogP contribution < -0.4 is 0 Å². The van der Waals surface area contributed by atoms with Crippen LogP contribution in [0.3, 0.4) is 0 Å². The number of fused-ring (bicyclic) bond motifs is 6. The van der Waals surface area contributed by atoms with E-state index < -0.39 is 56.4 Å². The first kappa shape index (κ1) is 24.0. The van der Waals surface area contributed by atoms with Gasteiger partial charge < -0.3 is 9.84 Å². The Balaban J connectivity index is 1.45. The van der Waals surface area contributed by atoms with Crippen molar-refractivity contribution in [3.05, 3.63) is 23.1 Å². The summed E-state index contributed by atoms with van der Waals surface area (Å²) in [6.45, 7) is 20.1. The summed E-state index contributed by atoms with van der Waals surface area (Å²) in [5.74, 6) is -1.56. The molecule has 0 radical (unpaired) electrons. The average Bonchev–Trinajstić information content (AvgIpc) is 3.54. The Labute approximate surface area is 218 Å². The number of carbonyl (C=O) groups excluding carboxylic acids is 3. The first-order valence-electron chi connectivity index (χ1n) is 13.9. The molecule has 7 heteroatoms. The zero-order valence-electron chi connectivity index (χ0n) is 22.7. The van der Waals surface area contributed by atoms with Crippen LogP contribution in [0.15, 0.2) is 11.6 Å². The van der Waals surface area contributed by atoms with Gasteiger partial charge in [-0.25, -0.2) is 6.57 Å². The van der Waals surface area contributed by atoms with Crippen molar-refractivity contribution < 1.29 is 29.0 Å². The number of hydrogen-bond acceptors (Lipinski definition) is 6. The van der Waals surface area contributed by atoms with Gasteiger partial charge in [0.05, 0.1) is 5.41 Å². The molecular weight excluding hydrogens is 470 g/mol. The molecule has 2 saturated heterocycles. The van der Waals surface area contributed by atoms with Crippen molar-refractivity contribution in [3.63, 3.8) is 0 Å². The predicted molar refractivity (Wildman–Crippen MR) is 132 cm³/mol. The van der Waals surface area contributed by atoms with E-state index >= 15 is 0 Å². The number of aliphatic hydroxyl groups is 1. The van der Waals surface area contributed by atoms with Crippen molar-refractivity contribution in [2.45, 2.75) is 110 Å².